The maximum absolute atomic E-state index is 13.3. The summed E-state index contributed by atoms with van der Waals surface area (Å²) in [4.78, 5) is 22.7. The third kappa shape index (κ3) is 12.9. The van der Waals surface area contributed by atoms with Crippen molar-refractivity contribution in [1.82, 2.24) is 0 Å². The summed E-state index contributed by atoms with van der Waals surface area (Å²) in [6.07, 6.45) is 10.3. The van der Waals surface area contributed by atoms with Gasteiger partial charge >= 0.3 is 36.1 Å². The van der Waals surface area contributed by atoms with E-state index in [4.69, 9.17) is 4.74 Å². The van der Waals surface area contributed by atoms with Gasteiger partial charge in [0, 0.05) is 12.2 Å². The lowest BCUT2D eigenvalue weighted by Gasteiger charge is -2.31. The number of halogens is 8. The molecule has 0 aromatic carbocycles. The second kappa shape index (κ2) is 17.6. The van der Waals surface area contributed by atoms with Crippen molar-refractivity contribution in [1.29, 1.82) is 0 Å². The predicted octanol–water partition coefficient (Wildman–Crippen LogP) is 7.89. The third-order valence-electron chi connectivity index (χ3n) is 5.40. The van der Waals surface area contributed by atoms with E-state index in [9.17, 15) is 44.7 Å². The Bertz CT molecular complexity index is 654. The Labute approximate surface area is 206 Å². The van der Waals surface area contributed by atoms with Gasteiger partial charge in [0.25, 0.3) is 0 Å². The maximum atomic E-state index is 13.3. The Balaban J connectivity index is 3.98. The highest BCUT2D eigenvalue weighted by atomic mass is 19.4. The Morgan fingerprint density at radius 2 is 1.06 bits per heavy atom. The molecule has 0 saturated heterocycles. The van der Waals surface area contributed by atoms with Crippen LogP contribution in [0.15, 0.2) is 12.2 Å². The number of carbonyl (C=O) groups is 2. The molecular weight excluding hydrogens is 504 g/mol. The number of ether oxygens (including phenoxy) is 2. The van der Waals surface area contributed by atoms with E-state index in [2.05, 4.69) is 11.7 Å². The second-order valence-electron chi connectivity index (χ2n) is 8.55. The summed E-state index contributed by atoms with van der Waals surface area (Å²) < 4.78 is 111. The van der Waals surface area contributed by atoms with Crippen LogP contribution in [0.4, 0.5) is 35.1 Å². The monoisotopic (exact) mass is 540 g/mol. The molecule has 0 atom stereocenters. The van der Waals surface area contributed by atoms with Crippen molar-refractivity contribution in [2.75, 3.05) is 13.2 Å². The summed E-state index contributed by atoms with van der Waals surface area (Å²) in [5.74, 6) is -21.4. The van der Waals surface area contributed by atoms with Gasteiger partial charge in [-0.05, 0) is 6.42 Å². The summed E-state index contributed by atoms with van der Waals surface area (Å²) in [7, 11) is 0. The normalized spacial score (nSPS) is 12.9. The first kappa shape index (κ1) is 34.1. The number of carbonyl (C=O) groups excluding carboxylic acids is 2. The summed E-state index contributed by atoms with van der Waals surface area (Å²) in [5, 5.41) is 0. The van der Waals surface area contributed by atoms with Crippen molar-refractivity contribution in [3.05, 3.63) is 12.2 Å². The van der Waals surface area contributed by atoms with E-state index in [1.165, 1.54) is 51.4 Å². The zero-order valence-corrected chi connectivity index (χ0v) is 20.5. The quantitative estimate of drug-likeness (QED) is 0.0643. The molecule has 0 unspecified atom stereocenters. The molecule has 0 aliphatic carbocycles. The van der Waals surface area contributed by atoms with E-state index >= 15 is 0 Å². The number of unbranched alkanes of at least 4 members (excludes halogenated alkanes) is 12. The minimum Gasteiger partial charge on any atom is -0.463 e. The first-order valence-corrected chi connectivity index (χ1v) is 12.2. The molecule has 4 nitrogen and oxygen atoms in total. The number of alkyl halides is 8. The van der Waals surface area contributed by atoms with Gasteiger partial charge in [-0.25, -0.2) is 18.4 Å². The van der Waals surface area contributed by atoms with E-state index < -0.39 is 42.7 Å². The Hall–Kier alpha value is -1.88. The number of esters is 2. The zero-order chi connectivity index (χ0) is 27.7. The molecule has 0 radical (unpaired) electrons. The van der Waals surface area contributed by atoms with Gasteiger partial charge in [-0.1, -0.05) is 84.0 Å². The van der Waals surface area contributed by atoms with Crippen LogP contribution >= 0.6 is 0 Å². The van der Waals surface area contributed by atoms with Crippen molar-refractivity contribution < 1.29 is 54.2 Å². The lowest BCUT2D eigenvalue weighted by molar-refractivity contribution is -0.344. The van der Waals surface area contributed by atoms with E-state index in [1.807, 2.05) is 0 Å². The average Bonchev–Trinajstić information content (AvgIpc) is 2.81. The lowest BCUT2D eigenvalue weighted by Crippen LogP contribution is -2.59. The minimum atomic E-state index is -6.48. The molecule has 0 rings (SSSR count). The summed E-state index contributed by atoms with van der Waals surface area (Å²) in [5.41, 5.74) is 0. The Morgan fingerprint density at radius 1 is 0.667 bits per heavy atom. The zero-order valence-electron chi connectivity index (χ0n) is 20.5. The fourth-order valence-electron chi connectivity index (χ4n) is 3.16. The van der Waals surface area contributed by atoms with Crippen molar-refractivity contribution in [2.45, 2.75) is 115 Å². The first-order valence-electron chi connectivity index (χ1n) is 12.2. The van der Waals surface area contributed by atoms with E-state index in [-0.39, 0.29) is 12.7 Å². The molecule has 0 fully saturated rings. The topological polar surface area (TPSA) is 52.6 Å². The molecule has 0 spiro atoms. The highest BCUT2D eigenvalue weighted by Gasteiger charge is 2.75. The van der Waals surface area contributed by atoms with Gasteiger partial charge in [0.15, 0.2) is 6.61 Å². The van der Waals surface area contributed by atoms with Crippen LogP contribution in [0.2, 0.25) is 0 Å². The molecule has 12 heteroatoms. The highest BCUT2D eigenvalue weighted by molar-refractivity contribution is 5.91. The van der Waals surface area contributed by atoms with Gasteiger partial charge in [0.1, 0.15) is 0 Å². The molecule has 0 aromatic heterocycles. The van der Waals surface area contributed by atoms with E-state index in [1.54, 1.807) is 0 Å². The lowest BCUT2D eigenvalue weighted by atomic mass is 10.0. The maximum Gasteiger partial charge on any atom is 0.381 e. The molecule has 0 aromatic rings. The van der Waals surface area contributed by atoms with Gasteiger partial charge in [-0.2, -0.15) is 26.3 Å². The van der Waals surface area contributed by atoms with Crippen molar-refractivity contribution in [2.24, 2.45) is 0 Å². The molecule has 0 aliphatic heterocycles. The van der Waals surface area contributed by atoms with Crippen molar-refractivity contribution in [3.8, 4) is 0 Å². The Morgan fingerprint density at radius 3 is 1.47 bits per heavy atom. The SMILES string of the molecule is CCCCCCCCCCCCCCCOC(=O)/C=C/C(=O)OCC(F)(F)C(F)(F)C(F)(F)C(F)F. The second-order valence-corrected chi connectivity index (χ2v) is 8.55. The van der Waals surface area contributed by atoms with Gasteiger partial charge in [0.05, 0.1) is 6.61 Å². The predicted molar refractivity (Wildman–Crippen MR) is 118 cm³/mol. The molecule has 212 valence electrons. The molecule has 0 heterocycles. The molecule has 36 heavy (non-hydrogen) atoms. The third-order valence-corrected chi connectivity index (χ3v) is 5.40. The summed E-state index contributed by atoms with van der Waals surface area (Å²) in [6.45, 7) is -0.379. The van der Waals surface area contributed by atoms with Crippen LogP contribution in [0.25, 0.3) is 0 Å². The number of hydrogen-bond donors (Lipinski definition) is 0. The molecule has 0 bridgehead atoms. The van der Waals surface area contributed by atoms with Crippen molar-refractivity contribution >= 4 is 11.9 Å². The molecule has 0 amide bonds. The average molecular weight is 541 g/mol. The molecular formula is C24H36F8O4. The molecule has 0 aliphatic rings. The first-order chi connectivity index (χ1) is 16.8. The van der Waals surface area contributed by atoms with Crippen LogP contribution in [-0.4, -0.2) is 49.3 Å². The van der Waals surface area contributed by atoms with Crippen LogP contribution in [-0.2, 0) is 19.1 Å². The molecule has 0 saturated carbocycles. The van der Waals surface area contributed by atoms with Gasteiger partial charge < -0.3 is 9.47 Å². The number of hydrogen-bond acceptors (Lipinski definition) is 4. The highest BCUT2D eigenvalue weighted by Crippen LogP contribution is 2.48. The van der Waals surface area contributed by atoms with Crippen LogP contribution in [0.3, 0.4) is 0 Å². The van der Waals surface area contributed by atoms with E-state index in [0.717, 1.165) is 25.7 Å². The van der Waals surface area contributed by atoms with Crippen molar-refractivity contribution in [3.63, 3.8) is 0 Å². The van der Waals surface area contributed by atoms with Gasteiger partial charge in [-0.3, -0.25) is 0 Å². The summed E-state index contributed by atoms with van der Waals surface area (Å²) in [6, 6.07) is 0. The van der Waals surface area contributed by atoms with E-state index in [0.29, 0.717) is 12.5 Å². The van der Waals surface area contributed by atoms with Crippen LogP contribution < -0.4 is 0 Å². The van der Waals surface area contributed by atoms with Crippen LogP contribution in [0.1, 0.15) is 90.4 Å². The fraction of sp³-hybridized carbons (Fsp3) is 0.833. The smallest absolute Gasteiger partial charge is 0.381 e. The minimum absolute atomic E-state index is 0.0307. The van der Waals surface area contributed by atoms with Gasteiger partial charge in [-0.15, -0.1) is 0 Å². The molecule has 0 N–H and O–H groups in total. The Kier molecular flexibility index (Phi) is 16.6. The number of rotatable bonds is 21. The standard InChI is InChI=1S/C24H36F8O4/c1-2-3-4-5-6-7-8-9-10-11-12-13-14-17-35-19(33)15-16-20(34)36-18-22(27,28)24(31,32)23(29,30)21(25)26/h15-16,21H,2-14,17-18H2,1H3/b16-15+. The van der Waals surface area contributed by atoms with Crippen LogP contribution in [0.5, 0.6) is 0 Å². The summed E-state index contributed by atoms with van der Waals surface area (Å²) >= 11 is 0. The largest absolute Gasteiger partial charge is 0.463 e. The van der Waals surface area contributed by atoms with Crippen LogP contribution in [0, 0.1) is 0 Å². The van der Waals surface area contributed by atoms with Gasteiger partial charge in [0.2, 0.25) is 0 Å². The fourth-order valence-corrected chi connectivity index (χ4v) is 3.16.